The standard InChI is InChI=1S/C15H21FN2O2/c1-12-11-18(8-7-17-12)15(19)6-3-9-20-14-5-2-4-13(16)10-14/h2,4-5,10,12,17H,3,6-9,11H2,1H3. The van der Waals surface area contributed by atoms with Crippen LogP contribution in [0.4, 0.5) is 4.39 Å². The third-order valence-corrected chi connectivity index (χ3v) is 3.32. The molecule has 1 heterocycles. The second-order valence-corrected chi connectivity index (χ2v) is 5.10. The summed E-state index contributed by atoms with van der Waals surface area (Å²) in [6, 6.07) is 6.40. The summed E-state index contributed by atoms with van der Waals surface area (Å²) in [6.07, 6.45) is 1.12. The van der Waals surface area contributed by atoms with E-state index >= 15 is 0 Å². The number of rotatable bonds is 5. The number of piperazine rings is 1. The van der Waals surface area contributed by atoms with Crippen LogP contribution >= 0.6 is 0 Å². The van der Waals surface area contributed by atoms with E-state index in [1.54, 1.807) is 12.1 Å². The van der Waals surface area contributed by atoms with Crippen LogP contribution in [0.3, 0.4) is 0 Å². The maximum atomic E-state index is 12.9. The molecule has 4 nitrogen and oxygen atoms in total. The third-order valence-electron chi connectivity index (χ3n) is 3.32. The molecular formula is C15H21FN2O2. The van der Waals surface area contributed by atoms with Crippen molar-refractivity contribution in [1.82, 2.24) is 10.2 Å². The van der Waals surface area contributed by atoms with Crippen molar-refractivity contribution >= 4 is 5.91 Å². The SMILES string of the molecule is CC1CN(C(=O)CCCOc2cccc(F)c2)CCN1. The van der Waals surface area contributed by atoms with Gasteiger partial charge >= 0.3 is 0 Å². The Hall–Kier alpha value is -1.62. The smallest absolute Gasteiger partial charge is 0.222 e. The van der Waals surface area contributed by atoms with E-state index in [1.807, 2.05) is 4.90 Å². The van der Waals surface area contributed by atoms with Gasteiger partial charge in [-0.2, -0.15) is 0 Å². The number of carbonyl (C=O) groups excluding carboxylic acids is 1. The molecule has 1 aliphatic heterocycles. The van der Waals surface area contributed by atoms with Gasteiger partial charge < -0.3 is 15.0 Å². The van der Waals surface area contributed by atoms with Crippen molar-refractivity contribution in [1.29, 1.82) is 0 Å². The number of halogens is 1. The number of benzene rings is 1. The van der Waals surface area contributed by atoms with Gasteiger partial charge in [0.1, 0.15) is 11.6 Å². The quantitative estimate of drug-likeness (QED) is 0.836. The lowest BCUT2D eigenvalue weighted by molar-refractivity contribution is -0.132. The maximum Gasteiger partial charge on any atom is 0.222 e. The molecule has 0 aliphatic carbocycles. The van der Waals surface area contributed by atoms with Crippen molar-refractivity contribution in [3.63, 3.8) is 0 Å². The van der Waals surface area contributed by atoms with Crippen LogP contribution < -0.4 is 10.1 Å². The van der Waals surface area contributed by atoms with Crippen molar-refractivity contribution in [2.24, 2.45) is 0 Å². The molecule has 0 saturated carbocycles. The molecule has 110 valence electrons. The number of hydrogen-bond donors (Lipinski definition) is 1. The van der Waals surface area contributed by atoms with Crippen LogP contribution in [0.15, 0.2) is 24.3 Å². The van der Waals surface area contributed by atoms with Crippen LogP contribution in [0.5, 0.6) is 5.75 Å². The van der Waals surface area contributed by atoms with E-state index in [0.29, 0.717) is 31.2 Å². The molecule has 20 heavy (non-hydrogen) atoms. The van der Waals surface area contributed by atoms with Crippen molar-refractivity contribution in [2.45, 2.75) is 25.8 Å². The molecule has 5 heteroatoms. The van der Waals surface area contributed by atoms with Crippen molar-refractivity contribution in [2.75, 3.05) is 26.2 Å². The summed E-state index contributed by atoms with van der Waals surface area (Å²) in [5.41, 5.74) is 0. The van der Waals surface area contributed by atoms with E-state index in [4.69, 9.17) is 4.74 Å². The van der Waals surface area contributed by atoms with E-state index in [0.717, 1.165) is 19.6 Å². The van der Waals surface area contributed by atoms with E-state index in [2.05, 4.69) is 12.2 Å². The van der Waals surface area contributed by atoms with Crippen LogP contribution in [0.1, 0.15) is 19.8 Å². The largest absolute Gasteiger partial charge is 0.493 e. The summed E-state index contributed by atoms with van der Waals surface area (Å²) in [5, 5.41) is 3.31. The van der Waals surface area contributed by atoms with Gasteiger partial charge in [0.15, 0.2) is 0 Å². The predicted octanol–water partition coefficient (Wildman–Crippen LogP) is 1.80. The predicted molar refractivity (Wildman–Crippen MR) is 75.2 cm³/mol. The Morgan fingerprint density at radius 3 is 3.15 bits per heavy atom. The first-order chi connectivity index (χ1) is 9.65. The van der Waals surface area contributed by atoms with Crippen LogP contribution in [-0.2, 0) is 4.79 Å². The van der Waals surface area contributed by atoms with Gasteiger partial charge in [-0.05, 0) is 25.5 Å². The zero-order valence-electron chi connectivity index (χ0n) is 11.8. The average molecular weight is 280 g/mol. The second kappa shape index (κ2) is 7.24. The van der Waals surface area contributed by atoms with Crippen LogP contribution in [-0.4, -0.2) is 43.1 Å². The first kappa shape index (κ1) is 14.8. The van der Waals surface area contributed by atoms with Crippen LogP contribution in [0, 0.1) is 5.82 Å². The molecule has 0 radical (unpaired) electrons. The highest BCUT2D eigenvalue weighted by atomic mass is 19.1. The monoisotopic (exact) mass is 280 g/mol. The summed E-state index contributed by atoms with van der Waals surface area (Å²) in [7, 11) is 0. The van der Waals surface area contributed by atoms with Gasteiger partial charge in [-0.1, -0.05) is 6.07 Å². The minimum absolute atomic E-state index is 0.168. The van der Waals surface area contributed by atoms with E-state index in [1.165, 1.54) is 12.1 Å². The first-order valence-electron chi connectivity index (χ1n) is 7.04. The van der Waals surface area contributed by atoms with E-state index < -0.39 is 0 Å². The minimum Gasteiger partial charge on any atom is -0.493 e. The lowest BCUT2D eigenvalue weighted by atomic mass is 10.2. The normalized spacial score (nSPS) is 18.9. The number of carbonyl (C=O) groups is 1. The highest BCUT2D eigenvalue weighted by Gasteiger charge is 2.19. The Balaban J connectivity index is 1.66. The zero-order chi connectivity index (χ0) is 14.4. The topological polar surface area (TPSA) is 41.6 Å². The minimum atomic E-state index is -0.312. The molecule has 1 aliphatic rings. The molecule has 0 aromatic heterocycles. The van der Waals surface area contributed by atoms with Crippen molar-refractivity contribution < 1.29 is 13.9 Å². The average Bonchev–Trinajstić information content (AvgIpc) is 2.43. The van der Waals surface area contributed by atoms with Gasteiger partial charge in [-0.15, -0.1) is 0 Å². The number of nitrogens with one attached hydrogen (secondary N) is 1. The Kier molecular flexibility index (Phi) is 5.35. The highest BCUT2D eigenvalue weighted by molar-refractivity contribution is 5.76. The number of nitrogens with zero attached hydrogens (tertiary/aromatic N) is 1. The Bertz CT molecular complexity index is 453. The summed E-state index contributed by atoms with van der Waals surface area (Å²) in [6.45, 7) is 4.90. The van der Waals surface area contributed by atoms with Gasteiger partial charge in [0, 0.05) is 38.2 Å². The summed E-state index contributed by atoms with van der Waals surface area (Å²) < 4.78 is 18.4. The fourth-order valence-corrected chi connectivity index (χ4v) is 2.29. The molecular weight excluding hydrogens is 259 g/mol. The lowest BCUT2D eigenvalue weighted by Gasteiger charge is -2.32. The number of ether oxygens (including phenoxy) is 1. The first-order valence-corrected chi connectivity index (χ1v) is 7.04. The molecule has 1 atom stereocenters. The van der Waals surface area contributed by atoms with Gasteiger partial charge in [0.25, 0.3) is 0 Å². The molecule has 1 aromatic carbocycles. The fourth-order valence-electron chi connectivity index (χ4n) is 2.29. The molecule has 1 amide bonds. The number of hydrogen-bond acceptors (Lipinski definition) is 3. The van der Waals surface area contributed by atoms with Gasteiger partial charge in [0.2, 0.25) is 5.91 Å². The summed E-state index contributed by atoms with van der Waals surface area (Å²) >= 11 is 0. The fraction of sp³-hybridized carbons (Fsp3) is 0.533. The maximum absolute atomic E-state index is 12.9. The molecule has 1 aromatic rings. The van der Waals surface area contributed by atoms with Crippen molar-refractivity contribution in [3.8, 4) is 5.75 Å². The van der Waals surface area contributed by atoms with Crippen LogP contribution in [0.25, 0.3) is 0 Å². The molecule has 0 spiro atoms. The zero-order valence-corrected chi connectivity index (χ0v) is 11.8. The molecule has 2 rings (SSSR count). The Morgan fingerprint density at radius 2 is 2.40 bits per heavy atom. The third kappa shape index (κ3) is 4.49. The van der Waals surface area contributed by atoms with E-state index in [-0.39, 0.29) is 11.7 Å². The Labute approximate surface area is 118 Å². The summed E-state index contributed by atoms with van der Waals surface area (Å²) in [5.74, 6) is 0.364. The van der Waals surface area contributed by atoms with E-state index in [9.17, 15) is 9.18 Å². The molecule has 1 N–H and O–H groups in total. The lowest BCUT2D eigenvalue weighted by Crippen LogP contribution is -2.51. The molecule has 1 fully saturated rings. The molecule has 1 unspecified atom stereocenters. The number of amides is 1. The second-order valence-electron chi connectivity index (χ2n) is 5.10. The van der Waals surface area contributed by atoms with Gasteiger partial charge in [-0.3, -0.25) is 4.79 Å². The molecule has 0 bridgehead atoms. The van der Waals surface area contributed by atoms with Gasteiger partial charge in [0.05, 0.1) is 6.61 Å². The highest BCUT2D eigenvalue weighted by Crippen LogP contribution is 2.12. The Morgan fingerprint density at radius 1 is 1.55 bits per heavy atom. The van der Waals surface area contributed by atoms with Gasteiger partial charge in [-0.25, -0.2) is 4.39 Å². The summed E-state index contributed by atoms with van der Waals surface area (Å²) in [4.78, 5) is 13.9. The van der Waals surface area contributed by atoms with Crippen molar-refractivity contribution in [3.05, 3.63) is 30.1 Å². The molecule has 1 saturated heterocycles. The van der Waals surface area contributed by atoms with Crippen LogP contribution in [0.2, 0.25) is 0 Å².